The first-order chi connectivity index (χ1) is 6.86. The van der Waals surface area contributed by atoms with Gasteiger partial charge in [0.2, 0.25) is 0 Å². The van der Waals surface area contributed by atoms with Crippen LogP contribution in [0.4, 0.5) is 0 Å². The maximum Gasteiger partial charge on any atom is 0.0239 e. The van der Waals surface area contributed by atoms with E-state index in [1.807, 2.05) is 0 Å². The van der Waals surface area contributed by atoms with Gasteiger partial charge in [0.05, 0.1) is 0 Å². The van der Waals surface area contributed by atoms with Crippen LogP contribution in [0.5, 0.6) is 0 Å². The van der Waals surface area contributed by atoms with E-state index in [1.54, 1.807) is 0 Å². The molecule has 80 valence electrons. The average molecular weight is 194 g/mol. The fourth-order valence-corrected chi connectivity index (χ4v) is 3.37. The van der Waals surface area contributed by atoms with Crippen LogP contribution in [0.3, 0.4) is 0 Å². The Morgan fingerprint density at radius 2 is 1.86 bits per heavy atom. The summed E-state index contributed by atoms with van der Waals surface area (Å²) in [6, 6.07) is 0.628. The van der Waals surface area contributed by atoms with E-state index in [1.165, 1.54) is 44.9 Å². The maximum absolute atomic E-state index is 5.67. The molecule has 0 saturated heterocycles. The van der Waals surface area contributed by atoms with Gasteiger partial charge in [0.1, 0.15) is 0 Å². The van der Waals surface area contributed by atoms with E-state index in [2.05, 4.69) is 5.43 Å². The molecule has 3 atom stereocenters. The zero-order chi connectivity index (χ0) is 9.54. The second-order valence-corrected chi connectivity index (χ2v) is 5.78. The van der Waals surface area contributed by atoms with Gasteiger partial charge in [0.25, 0.3) is 0 Å². The third-order valence-corrected chi connectivity index (χ3v) is 4.65. The molecular formula is C12H22N2. The molecule has 3 rings (SSSR count). The first kappa shape index (κ1) is 9.17. The molecule has 0 aromatic rings. The van der Waals surface area contributed by atoms with Crippen LogP contribution >= 0.6 is 0 Å². The Balaban J connectivity index is 1.46. The van der Waals surface area contributed by atoms with E-state index in [9.17, 15) is 0 Å². The third-order valence-electron chi connectivity index (χ3n) is 4.65. The van der Waals surface area contributed by atoms with Crippen LogP contribution in [0.25, 0.3) is 0 Å². The minimum atomic E-state index is 0.628. The lowest BCUT2D eigenvalue weighted by molar-refractivity contribution is 0.312. The normalized spacial score (nSPS) is 42.2. The molecule has 0 aromatic heterocycles. The molecule has 3 fully saturated rings. The van der Waals surface area contributed by atoms with E-state index in [0.29, 0.717) is 6.04 Å². The van der Waals surface area contributed by atoms with Crippen molar-refractivity contribution >= 4 is 0 Å². The van der Waals surface area contributed by atoms with Gasteiger partial charge in [-0.3, -0.25) is 11.3 Å². The summed E-state index contributed by atoms with van der Waals surface area (Å²) >= 11 is 0. The van der Waals surface area contributed by atoms with Gasteiger partial charge in [0.15, 0.2) is 0 Å². The van der Waals surface area contributed by atoms with Crippen molar-refractivity contribution in [2.24, 2.45) is 29.5 Å². The smallest absolute Gasteiger partial charge is 0.0239 e. The molecule has 3 aliphatic carbocycles. The predicted octanol–water partition coefficient (Wildman–Crippen LogP) is 2.05. The fourth-order valence-electron chi connectivity index (χ4n) is 3.37. The van der Waals surface area contributed by atoms with Crippen molar-refractivity contribution in [1.29, 1.82) is 0 Å². The first-order valence-corrected chi connectivity index (χ1v) is 6.33. The van der Waals surface area contributed by atoms with Gasteiger partial charge < -0.3 is 0 Å². The molecule has 3 N–H and O–H groups in total. The molecule has 3 unspecified atom stereocenters. The molecule has 0 spiro atoms. The molecule has 0 amide bonds. The molecule has 0 aliphatic heterocycles. The number of hydrogen-bond acceptors (Lipinski definition) is 2. The molecule has 3 saturated carbocycles. The zero-order valence-electron chi connectivity index (χ0n) is 8.91. The van der Waals surface area contributed by atoms with Crippen molar-refractivity contribution in [1.82, 2.24) is 5.43 Å². The molecule has 3 aliphatic rings. The van der Waals surface area contributed by atoms with Gasteiger partial charge in [-0.05, 0) is 55.8 Å². The highest BCUT2D eigenvalue weighted by Gasteiger charge is 2.47. The Kier molecular flexibility index (Phi) is 2.29. The molecule has 0 bridgehead atoms. The van der Waals surface area contributed by atoms with Gasteiger partial charge in [-0.2, -0.15) is 0 Å². The van der Waals surface area contributed by atoms with Crippen molar-refractivity contribution < 1.29 is 0 Å². The van der Waals surface area contributed by atoms with Crippen molar-refractivity contribution in [2.45, 2.75) is 51.0 Å². The Bertz CT molecular complexity index is 202. The van der Waals surface area contributed by atoms with Crippen molar-refractivity contribution in [2.75, 3.05) is 0 Å². The van der Waals surface area contributed by atoms with Gasteiger partial charge in [0, 0.05) is 6.04 Å². The molecular weight excluding hydrogens is 172 g/mol. The fraction of sp³-hybridized carbons (Fsp3) is 1.00. The molecule has 14 heavy (non-hydrogen) atoms. The molecule has 0 heterocycles. The van der Waals surface area contributed by atoms with E-state index in [4.69, 9.17) is 5.84 Å². The summed E-state index contributed by atoms with van der Waals surface area (Å²) < 4.78 is 0. The highest BCUT2D eigenvalue weighted by molar-refractivity contribution is 4.99. The van der Waals surface area contributed by atoms with E-state index < -0.39 is 0 Å². The lowest BCUT2D eigenvalue weighted by atomic mass is 9.91. The summed E-state index contributed by atoms with van der Waals surface area (Å²) in [4.78, 5) is 0. The van der Waals surface area contributed by atoms with Crippen LogP contribution < -0.4 is 11.3 Å². The summed E-state index contributed by atoms with van der Waals surface area (Å²) in [5.41, 5.74) is 3.07. The maximum atomic E-state index is 5.67. The Labute approximate surface area is 86.6 Å². The Hall–Kier alpha value is -0.0800. The number of nitrogens with one attached hydrogen (secondary N) is 1. The summed E-state index contributed by atoms with van der Waals surface area (Å²) in [6.07, 6.45) is 10.2. The molecule has 2 heteroatoms. The second-order valence-electron chi connectivity index (χ2n) is 5.78. The average Bonchev–Trinajstić information content (AvgIpc) is 3.10. The number of hydrazine groups is 1. The molecule has 0 aromatic carbocycles. The Morgan fingerprint density at radius 1 is 1.14 bits per heavy atom. The van der Waals surface area contributed by atoms with Crippen molar-refractivity contribution in [3.8, 4) is 0 Å². The quantitative estimate of drug-likeness (QED) is 0.519. The first-order valence-electron chi connectivity index (χ1n) is 6.33. The summed E-state index contributed by atoms with van der Waals surface area (Å²) in [5.74, 6) is 9.82. The van der Waals surface area contributed by atoms with Crippen LogP contribution in [0.1, 0.15) is 44.9 Å². The van der Waals surface area contributed by atoms with E-state index in [0.717, 1.165) is 23.7 Å². The summed E-state index contributed by atoms with van der Waals surface area (Å²) in [5, 5.41) is 0. The lowest BCUT2D eigenvalue weighted by Crippen LogP contribution is -2.40. The number of fused-ring (bicyclic) bond motifs is 1. The summed E-state index contributed by atoms with van der Waals surface area (Å²) in [6.45, 7) is 0. The molecule has 0 radical (unpaired) electrons. The van der Waals surface area contributed by atoms with E-state index in [-0.39, 0.29) is 0 Å². The van der Waals surface area contributed by atoms with E-state index >= 15 is 0 Å². The lowest BCUT2D eigenvalue weighted by Gasteiger charge is -2.23. The number of nitrogens with two attached hydrogens (primary N) is 1. The van der Waals surface area contributed by atoms with Crippen LogP contribution in [0.15, 0.2) is 0 Å². The minimum absolute atomic E-state index is 0.628. The molecule has 2 nitrogen and oxygen atoms in total. The van der Waals surface area contributed by atoms with Gasteiger partial charge in [-0.15, -0.1) is 0 Å². The highest BCUT2D eigenvalue weighted by Crippen LogP contribution is 2.55. The van der Waals surface area contributed by atoms with Crippen LogP contribution in [0, 0.1) is 23.7 Å². The van der Waals surface area contributed by atoms with Gasteiger partial charge in [-0.25, -0.2) is 0 Å². The predicted molar refractivity (Wildman–Crippen MR) is 57.4 cm³/mol. The second kappa shape index (κ2) is 3.49. The highest BCUT2D eigenvalue weighted by atomic mass is 15.2. The van der Waals surface area contributed by atoms with Crippen LogP contribution in [-0.2, 0) is 0 Å². The SMILES string of the molecule is NNC(CCC1CC1)C1CC2CC2C1. The van der Waals surface area contributed by atoms with Gasteiger partial charge in [-0.1, -0.05) is 12.8 Å². The van der Waals surface area contributed by atoms with Crippen LogP contribution in [-0.4, -0.2) is 6.04 Å². The minimum Gasteiger partial charge on any atom is -0.271 e. The standard InChI is InChI=1S/C12H22N2/c13-14-12(4-3-8-1-2-8)11-6-9-5-10(9)7-11/h8-12,14H,1-7,13H2. The summed E-state index contributed by atoms with van der Waals surface area (Å²) in [7, 11) is 0. The topological polar surface area (TPSA) is 38.0 Å². The number of hydrogen-bond donors (Lipinski definition) is 2. The Morgan fingerprint density at radius 3 is 2.43 bits per heavy atom. The monoisotopic (exact) mass is 194 g/mol. The zero-order valence-corrected chi connectivity index (χ0v) is 8.91. The third kappa shape index (κ3) is 1.82. The van der Waals surface area contributed by atoms with Crippen LogP contribution in [0.2, 0.25) is 0 Å². The van der Waals surface area contributed by atoms with Gasteiger partial charge >= 0.3 is 0 Å². The van der Waals surface area contributed by atoms with Crippen molar-refractivity contribution in [3.63, 3.8) is 0 Å². The number of rotatable bonds is 5. The largest absolute Gasteiger partial charge is 0.271 e. The van der Waals surface area contributed by atoms with Crippen molar-refractivity contribution in [3.05, 3.63) is 0 Å².